The predicted octanol–water partition coefficient (Wildman–Crippen LogP) is 4.62. The van der Waals surface area contributed by atoms with Crippen LogP contribution in [0.4, 0.5) is 5.82 Å². The van der Waals surface area contributed by atoms with E-state index in [2.05, 4.69) is 48.2 Å². The van der Waals surface area contributed by atoms with E-state index in [1.54, 1.807) is 6.20 Å². The minimum atomic E-state index is 0.677. The molecule has 0 aliphatic rings. The molecule has 1 aromatic carbocycles. The number of hydrogen-bond acceptors (Lipinski definition) is 3. The third-order valence-electron chi connectivity index (χ3n) is 2.48. The standard InChI is InChI=1S/C14H14Br2N2O/c1-2-19-12-5-3-4-10(6-12)8-17-14-13(16)7-11(15)9-18-14/h3-7,9H,2,8H2,1H3,(H,17,18). The van der Waals surface area contributed by atoms with Crippen molar-refractivity contribution in [3.63, 3.8) is 0 Å². The molecular weight excluding hydrogens is 372 g/mol. The van der Waals surface area contributed by atoms with Gasteiger partial charge in [0.25, 0.3) is 0 Å². The average Bonchev–Trinajstić information content (AvgIpc) is 2.38. The van der Waals surface area contributed by atoms with Gasteiger partial charge in [0.2, 0.25) is 0 Å². The minimum Gasteiger partial charge on any atom is -0.494 e. The molecule has 5 heteroatoms. The van der Waals surface area contributed by atoms with Crippen LogP contribution in [0.5, 0.6) is 5.75 Å². The highest BCUT2D eigenvalue weighted by molar-refractivity contribution is 9.11. The molecule has 0 fully saturated rings. The van der Waals surface area contributed by atoms with Gasteiger partial charge in [-0.3, -0.25) is 0 Å². The van der Waals surface area contributed by atoms with E-state index < -0.39 is 0 Å². The number of benzene rings is 1. The van der Waals surface area contributed by atoms with Gasteiger partial charge in [0, 0.05) is 17.2 Å². The number of halogens is 2. The third-order valence-corrected chi connectivity index (χ3v) is 3.52. The topological polar surface area (TPSA) is 34.1 Å². The highest BCUT2D eigenvalue weighted by Gasteiger charge is 2.02. The quantitative estimate of drug-likeness (QED) is 0.815. The molecule has 2 rings (SSSR count). The summed E-state index contributed by atoms with van der Waals surface area (Å²) in [4.78, 5) is 4.32. The number of hydrogen-bond donors (Lipinski definition) is 1. The maximum Gasteiger partial charge on any atom is 0.140 e. The summed E-state index contributed by atoms with van der Waals surface area (Å²) in [6.45, 7) is 3.36. The molecule has 0 aliphatic heterocycles. The summed E-state index contributed by atoms with van der Waals surface area (Å²) < 4.78 is 7.36. The fourth-order valence-electron chi connectivity index (χ4n) is 1.64. The van der Waals surface area contributed by atoms with E-state index in [-0.39, 0.29) is 0 Å². The lowest BCUT2D eigenvalue weighted by atomic mass is 10.2. The number of nitrogens with zero attached hydrogens (tertiary/aromatic N) is 1. The van der Waals surface area contributed by atoms with E-state index in [0.29, 0.717) is 13.2 Å². The molecule has 0 amide bonds. The molecular formula is C14H14Br2N2O. The van der Waals surface area contributed by atoms with E-state index >= 15 is 0 Å². The predicted molar refractivity (Wildman–Crippen MR) is 84.6 cm³/mol. The first-order chi connectivity index (χ1) is 9.19. The van der Waals surface area contributed by atoms with Crippen LogP contribution in [0.3, 0.4) is 0 Å². The van der Waals surface area contributed by atoms with Crippen molar-refractivity contribution in [1.29, 1.82) is 0 Å². The van der Waals surface area contributed by atoms with Crippen LogP contribution in [0.25, 0.3) is 0 Å². The van der Waals surface area contributed by atoms with Gasteiger partial charge in [-0.05, 0) is 62.5 Å². The van der Waals surface area contributed by atoms with E-state index in [4.69, 9.17) is 4.74 Å². The number of aromatic nitrogens is 1. The Kier molecular flexibility index (Phi) is 5.22. The zero-order chi connectivity index (χ0) is 13.7. The summed E-state index contributed by atoms with van der Waals surface area (Å²) in [5.41, 5.74) is 1.16. The van der Waals surface area contributed by atoms with Gasteiger partial charge in [-0.15, -0.1) is 0 Å². The van der Waals surface area contributed by atoms with Crippen LogP contribution in [0.2, 0.25) is 0 Å². The van der Waals surface area contributed by atoms with Gasteiger partial charge in [0.05, 0.1) is 11.1 Å². The summed E-state index contributed by atoms with van der Waals surface area (Å²) in [7, 11) is 0. The Morgan fingerprint density at radius 3 is 2.84 bits per heavy atom. The first kappa shape index (κ1) is 14.3. The Balaban J connectivity index is 2.03. The molecule has 2 aromatic rings. The Morgan fingerprint density at radius 1 is 1.26 bits per heavy atom. The van der Waals surface area contributed by atoms with Crippen LogP contribution in [-0.2, 0) is 6.54 Å². The maximum atomic E-state index is 5.48. The Hall–Kier alpha value is -1.07. The Labute approximate surface area is 129 Å². The van der Waals surface area contributed by atoms with E-state index in [1.165, 1.54) is 0 Å². The molecule has 1 N–H and O–H groups in total. The highest BCUT2D eigenvalue weighted by Crippen LogP contribution is 2.24. The number of anilines is 1. The molecule has 0 aliphatic carbocycles. The fourth-order valence-corrected chi connectivity index (χ4v) is 2.77. The second kappa shape index (κ2) is 6.91. The average molecular weight is 386 g/mol. The fraction of sp³-hybridized carbons (Fsp3) is 0.214. The summed E-state index contributed by atoms with van der Waals surface area (Å²) in [5, 5.41) is 3.29. The van der Waals surface area contributed by atoms with E-state index in [1.807, 2.05) is 31.2 Å². The van der Waals surface area contributed by atoms with Crippen LogP contribution in [0.15, 0.2) is 45.5 Å². The van der Waals surface area contributed by atoms with E-state index in [0.717, 1.165) is 26.1 Å². The van der Waals surface area contributed by atoms with Crippen molar-refractivity contribution in [2.45, 2.75) is 13.5 Å². The molecule has 3 nitrogen and oxygen atoms in total. The van der Waals surface area contributed by atoms with Crippen molar-refractivity contribution >= 4 is 37.7 Å². The SMILES string of the molecule is CCOc1cccc(CNc2ncc(Br)cc2Br)c1. The second-order valence-corrected chi connectivity index (χ2v) is 5.69. The molecule has 0 unspecified atom stereocenters. The zero-order valence-corrected chi connectivity index (χ0v) is 13.7. The highest BCUT2D eigenvalue weighted by atomic mass is 79.9. The summed E-state index contributed by atoms with van der Waals surface area (Å²) in [5.74, 6) is 1.72. The van der Waals surface area contributed by atoms with Gasteiger partial charge in [-0.1, -0.05) is 12.1 Å². The van der Waals surface area contributed by atoms with Crippen molar-refractivity contribution in [2.75, 3.05) is 11.9 Å². The lowest BCUT2D eigenvalue weighted by Crippen LogP contribution is -2.02. The van der Waals surface area contributed by atoms with E-state index in [9.17, 15) is 0 Å². The number of pyridine rings is 1. The van der Waals surface area contributed by atoms with Gasteiger partial charge >= 0.3 is 0 Å². The second-order valence-electron chi connectivity index (χ2n) is 3.92. The molecule has 100 valence electrons. The molecule has 0 radical (unpaired) electrons. The first-order valence-electron chi connectivity index (χ1n) is 5.95. The van der Waals surface area contributed by atoms with Gasteiger partial charge in [-0.2, -0.15) is 0 Å². The number of ether oxygens (including phenoxy) is 1. The first-order valence-corrected chi connectivity index (χ1v) is 7.54. The van der Waals surface area contributed by atoms with Crippen LogP contribution in [-0.4, -0.2) is 11.6 Å². The molecule has 0 atom stereocenters. The molecule has 0 saturated carbocycles. The van der Waals surface area contributed by atoms with Crippen LogP contribution < -0.4 is 10.1 Å². The summed E-state index contributed by atoms with van der Waals surface area (Å²) in [6, 6.07) is 10.0. The molecule has 19 heavy (non-hydrogen) atoms. The number of rotatable bonds is 5. The smallest absolute Gasteiger partial charge is 0.140 e. The molecule has 0 bridgehead atoms. The van der Waals surface area contributed by atoms with Crippen LogP contribution in [0, 0.1) is 0 Å². The van der Waals surface area contributed by atoms with Crippen molar-refractivity contribution in [3.8, 4) is 5.75 Å². The normalized spacial score (nSPS) is 10.3. The minimum absolute atomic E-state index is 0.677. The van der Waals surface area contributed by atoms with Crippen LogP contribution in [0.1, 0.15) is 12.5 Å². The molecule has 1 heterocycles. The zero-order valence-electron chi connectivity index (χ0n) is 10.5. The van der Waals surface area contributed by atoms with Gasteiger partial charge in [0.1, 0.15) is 11.6 Å². The van der Waals surface area contributed by atoms with Gasteiger partial charge in [-0.25, -0.2) is 4.98 Å². The number of nitrogens with one attached hydrogen (secondary N) is 1. The molecule has 0 spiro atoms. The summed E-state index contributed by atoms with van der Waals surface area (Å²) in [6.07, 6.45) is 1.77. The third kappa shape index (κ3) is 4.21. The Bertz CT molecular complexity index is 561. The van der Waals surface area contributed by atoms with Crippen molar-refractivity contribution < 1.29 is 4.74 Å². The lowest BCUT2D eigenvalue weighted by Gasteiger charge is -2.09. The van der Waals surface area contributed by atoms with Crippen molar-refractivity contribution in [1.82, 2.24) is 4.98 Å². The van der Waals surface area contributed by atoms with Crippen molar-refractivity contribution in [2.24, 2.45) is 0 Å². The van der Waals surface area contributed by atoms with Gasteiger partial charge < -0.3 is 10.1 Å². The lowest BCUT2D eigenvalue weighted by molar-refractivity contribution is 0.340. The maximum absolute atomic E-state index is 5.48. The largest absolute Gasteiger partial charge is 0.494 e. The van der Waals surface area contributed by atoms with Crippen LogP contribution >= 0.6 is 31.9 Å². The summed E-state index contributed by atoms with van der Waals surface area (Å²) >= 11 is 6.86. The van der Waals surface area contributed by atoms with Gasteiger partial charge in [0.15, 0.2) is 0 Å². The molecule has 1 aromatic heterocycles. The monoisotopic (exact) mass is 384 g/mol. The Morgan fingerprint density at radius 2 is 2.11 bits per heavy atom. The molecule has 0 saturated heterocycles. The van der Waals surface area contributed by atoms with Crippen molar-refractivity contribution in [3.05, 3.63) is 51.0 Å².